The third-order valence-electron chi connectivity index (χ3n) is 1.98. The van der Waals surface area contributed by atoms with Gasteiger partial charge >= 0.3 is 6.03 Å². The second kappa shape index (κ2) is 7.64. The van der Waals surface area contributed by atoms with Crippen molar-refractivity contribution in [2.45, 2.75) is 17.1 Å². The Hall–Kier alpha value is -1.60. The first-order valence-corrected chi connectivity index (χ1v) is 6.27. The zero-order chi connectivity index (χ0) is 12.5. The summed E-state index contributed by atoms with van der Waals surface area (Å²) in [6.07, 6.45) is 5.04. The van der Waals surface area contributed by atoms with Crippen LogP contribution in [0, 0.1) is 12.3 Å². The van der Waals surface area contributed by atoms with Gasteiger partial charge in [-0.1, -0.05) is 31.0 Å². The first-order chi connectivity index (χ1) is 8.22. The van der Waals surface area contributed by atoms with Gasteiger partial charge in [0.25, 0.3) is 0 Å². The molecule has 0 bridgehead atoms. The van der Waals surface area contributed by atoms with Crippen molar-refractivity contribution in [2.75, 3.05) is 13.1 Å². The predicted molar refractivity (Wildman–Crippen MR) is 72.0 cm³/mol. The molecule has 0 aromatic heterocycles. The summed E-state index contributed by atoms with van der Waals surface area (Å²) in [4.78, 5) is 12.4. The van der Waals surface area contributed by atoms with E-state index in [-0.39, 0.29) is 12.6 Å². The van der Waals surface area contributed by atoms with Gasteiger partial charge in [0.1, 0.15) is 0 Å². The molecule has 17 heavy (non-hydrogen) atoms. The quantitative estimate of drug-likeness (QED) is 0.619. The molecule has 1 rings (SSSR count). The lowest BCUT2D eigenvalue weighted by Crippen LogP contribution is -2.38. The van der Waals surface area contributed by atoms with E-state index in [1.54, 1.807) is 11.8 Å². The predicted octanol–water partition coefficient (Wildman–Crippen LogP) is 2.10. The molecule has 1 aromatic rings. The van der Waals surface area contributed by atoms with Crippen molar-refractivity contribution in [1.29, 1.82) is 0 Å². The number of carbonyl (C=O) groups excluding carboxylic acids is 1. The second-order valence-corrected chi connectivity index (χ2v) is 5.02. The zero-order valence-electron chi connectivity index (χ0n) is 9.77. The van der Waals surface area contributed by atoms with E-state index in [1.165, 1.54) is 4.90 Å². The molecule has 1 aromatic carbocycles. The first kappa shape index (κ1) is 13.5. The van der Waals surface area contributed by atoms with Gasteiger partial charge in [-0.25, -0.2) is 4.79 Å². The number of nitrogens with one attached hydrogen (secondary N) is 2. The van der Waals surface area contributed by atoms with Crippen LogP contribution in [-0.2, 0) is 0 Å². The Morgan fingerprint density at radius 2 is 2.12 bits per heavy atom. The molecule has 0 heterocycles. The molecule has 4 heteroatoms. The lowest BCUT2D eigenvalue weighted by Gasteiger charge is -2.12. The van der Waals surface area contributed by atoms with E-state index in [2.05, 4.69) is 35.6 Å². The Balaban J connectivity index is 2.24. The Labute approximate surface area is 106 Å². The molecule has 0 radical (unpaired) electrons. The standard InChI is InChI=1S/C13H16N2OS/c1-3-9-14-13(16)15-10-11(2)17-12-7-5-4-6-8-12/h1,4-8,11H,9-10H2,2H3,(H2,14,15,16)/t11-/m0/s1. The number of amides is 2. The van der Waals surface area contributed by atoms with E-state index in [0.29, 0.717) is 11.8 Å². The van der Waals surface area contributed by atoms with E-state index in [1.807, 2.05) is 18.2 Å². The number of thioether (sulfide) groups is 1. The van der Waals surface area contributed by atoms with Gasteiger partial charge in [-0.2, -0.15) is 0 Å². The molecule has 3 nitrogen and oxygen atoms in total. The summed E-state index contributed by atoms with van der Waals surface area (Å²) in [7, 11) is 0. The highest BCUT2D eigenvalue weighted by molar-refractivity contribution is 8.00. The monoisotopic (exact) mass is 248 g/mol. The maximum Gasteiger partial charge on any atom is 0.315 e. The van der Waals surface area contributed by atoms with Crippen LogP contribution in [0.2, 0.25) is 0 Å². The number of hydrogen-bond acceptors (Lipinski definition) is 2. The van der Waals surface area contributed by atoms with Crippen LogP contribution in [0.3, 0.4) is 0 Å². The van der Waals surface area contributed by atoms with E-state index in [9.17, 15) is 4.79 Å². The van der Waals surface area contributed by atoms with E-state index in [4.69, 9.17) is 6.42 Å². The van der Waals surface area contributed by atoms with Crippen LogP contribution in [0.1, 0.15) is 6.92 Å². The summed E-state index contributed by atoms with van der Waals surface area (Å²) in [5.41, 5.74) is 0. The highest BCUT2D eigenvalue weighted by atomic mass is 32.2. The summed E-state index contributed by atoms with van der Waals surface area (Å²) in [6, 6.07) is 9.88. The van der Waals surface area contributed by atoms with Crippen LogP contribution in [0.4, 0.5) is 4.79 Å². The molecule has 90 valence electrons. The van der Waals surface area contributed by atoms with Gasteiger partial charge in [-0.05, 0) is 12.1 Å². The van der Waals surface area contributed by atoms with E-state index in [0.717, 1.165) is 0 Å². The fraction of sp³-hybridized carbons (Fsp3) is 0.308. The molecule has 1 atom stereocenters. The fourth-order valence-corrected chi connectivity index (χ4v) is 2.15. The van der Waals surface area contributed by atoms with Crippen molar-refractivity contribution in [2.24, 2.45) is 0 Å². The SMILES string of the molecule is C#CCNC(=O)NC[C@H](C)Sc1ccccc1. The summed E-state index contributed by atoms with van der Waals surface area (Å²) in [6.45, 7) is 2.93. The topological polar surface area (TPSA) is 41.1 Å². The van der Waals surface area contributed by atoms with Gasteiger partial charge < -0.3 is 10.6 Å². The molecule has 0 fully saturated rings. The molecule has 0 aliphatic heterocycles. The van der Waals surface area contributed by atoms with Gasteiger partial charge in [-0.15, -0.1) is 18.2 Å². The Kier molecular flexibility index (Phi) is 6.05. The molecule has 2 N–H and O–H groups in total. The van der Waals surface area contributed by atoms with Crippen LogP contribution < -0.4 is 10.6 Å². The Morgan fingerprint density at radius 3 is 2.76 bits per heavy atom. The summed E-state index contributed by atoms with van der Waals surface area (Å²) in [5.74, 6) is 2.35. The van der Waals surface area contributed by atoms with Crippen molar-refractivity contribution < 1.29 is 4.79 Å². The van der Waals surface area contributed by atoms with Crippen LogP contribution in [0.5, 0.6) is 0 Å². The smallest absolute Gasteiger partial charge is 0.315 e. The van der Waals surface area contributed by atoms with Gasteiger partial charge in [0.05, 0.1) is 6.54 Å². The van der Waals surface area contributed by atoms with Crippen LogP contribution >= 0.6 is 11.8 Å². The lowest BCUT2D eigenvalue weighted by molar-refractivity contribution is 0.242. The molecular weight excluding hydrogens is 232 g/mol. The van der Waals surface area contributed by atoms with Crippen molar-refractivity contribution in [3.8, 4) is 12.3 Å². The maximum atomic E-state index is 11.2. The number of hydrogen-bond donors (Lipinski definition) is 2. The van der Waals surface area contributed by atoms with Gasteiger partial charge in [0.15, 0.2) is 0 Å². The highest BCUT2D eigenvalue weighted by Gasteiger charge is 2.05. The Morgan fingerprint density at radius 1 is 1.41 bits per heavy atom. The van der Waals surface area contributed by atoms with Crippen molar-refractivity contribution in [3.05, 3.63) is 30.3 Å². The van der Waals surface area contributed by atoms with Gasteiger partial charge in [0, 0.05) is 16.7 Å². The number of urea groups is 1. The summed E-state index contributed by atoms with van der Waals surface area (Å²) in [5, 5.41) is 5.64. The molecular formula is C13H16N2OS. The average molecular weight is 248 g/mol. The minimum atomic E-state index is -0.219. The molecule has 0 saturated carbocycles. The lowest BCUT2D eigenvalue weighted by atomic mass is 10.4. The fourth-order valence-electron chi connectivity index (χ4n) is 1.20. The maximum absolute atomic E-state index is 11.2. The molecule has 0 unspecified atom stereocenters. The summed E-state index contributed by atoms with van der Waals surface area (Å²) >= 11 is 1.73. The van der Waals surface area contributed by atoms with Crippen molar-refractivity contribution in [1.82, 2.24) is 10.6 Å². The van der Waals surface area contributed by atoms with Crippen molar-refractivity contribution >= 4 is 17.8 Å². The number of carbonyl (C=O) groups is 1. The Bertz CT molecular complexity index is 386. The third-order valence-corrected chi connectivity index (χ3v) is 3.09. The second-order valence-electron chi connectivity index (χ2n) is 3.51. The molecule has 0 spiro atoms. The van der Waals surface area contributed by atoms with E-state index >= 15 is 0 Å². The normalized spacial score (nSPS) is 11.3. The van der Waals surface area contributed by atoms with Gasteiger partial charge in [0.2, 0.25) is 0 Å². The van der Waals surface area contributed by atoms with Crippen LogP contribution in [0.25, 0.3) is 0 Å². The zero-order valence-corrected chi connectivity index (χ0v) is 10.6. The molecule has 0 aliphatic rings. The minimum absolute atomic E-state index is 0.219. The highest BCUT2D eigenvalue weighted by Crippen LogP contribution is 2.21. The largest absolute Gasteiger partial charge is 0.337 e. The van der Waals surface area contributed by atoms with Gasteiger partial charge in [-0.3, -0.25) is 0 Å². The molecule has 0 aliphatic carbocycles. The average Bonchev–Trinajstić information content (AvgIpc) is 2.35. The van der Waals surface area contributed by atoms with E-state index < -0.39 is 0 Å². The first-order valence-electron chi connectivity index (χ1n) is 5.39. The number of terminal acetylenes is 1. The van der Waals surface area contributed by atoms with Crippen molar-refractivity contribution in [3.63, 3.8) is 0 Å². The molecule has 0 saturated heterocycles. The third kappa shape index (κ3) is 5.88. The molecule has 2 amide bonds. The summed E-state index contributed by atoms with van der Waals surface area (Å²) < 4.78 is 0. The number of rotatable bonds is 5. The minimum Gasteiger partial charge on any atom is -0.337 e. The van der Waals surface area contributed by atoms with Crippen LogP contribution in [0.15, 0.2) is 35.2 Å². The number of benzene rings is 1. The van der Waals surface area contributed by atoms with Crippen LogP contribution in [-0.4, -0.2) is 24.4 Å².